The number of nitrogens with zero attached hydrogens (tertiary/aromatic N) is 3. The molecule has 1 fully saturated rings. The van der Waals surface area contributed by atoms with E-state index in [1.165, 1.54) is 22.1 Å². The second-order valence-corrected chi connectivity index (χ2v) is 9.06. The van der Waals surface area contributed by atoms with E-state index in [0.717, 1.165) is 19.5 Å². The second-order valence-electron chi connectivity index (χ2n) is 5.84. The molecule has 2 rings (SSSR count). The highest BCUT2D eigenvalue weighted by Gasteiger charge is 2.23. The molecule has 0 spiro atoms. The fourth-order valence-electron chi connectivity index (χ4n) is 2.80. The number of likely N-dealkylation sites (tertiary alicyclic amines) is 1. The number of likely N-dealkylation sites (N-methyl/N-ethyl adjacent to an activating group) is 2. The third-order valence-electron chi connectivity index (χ3n) is 4.27. The predicted molar refractivity (Wildman–Crippen MR) is 114 cm³/mol. The molecular formula is C15H28IN5O2S2. The molecule has 25 heavy (non-hydrogen) atoms. The predicted octanol–water partition coefficient (Wildman–Crippen LogP) is 1.38. The van der Waals surface area contributed by atoms with Crippen LogP contribution < -0.4 is 11.1 Å². The van der Waals surface area contributed by atoms with E-state index in [9.17, 15) is 8.42 Å². The average molecular weight is 501 g/mol. The lowest BCUT2D eigenvalue weighted by molar-refractivity contribution is 0.273. The lowest BCUT2D eigenvalue weighted by atomic mass is 10.2. The molecule has 144 valence electrons. The van der Waals surface area contributed by atoms with Gasteiger partial charge in [0.25, 0.3) is 10.0 Å². The molecule has 0 aromatic carbocycles. The molecule has 1 aliphatic rings. The number of nitrogens with one attached hydrogen (secondary N) is 1. The van der Waals surface area contributed by atoms with Crippen LogP contribution in [0.1, 0.15) is 19.8 Å². The summed E-state index contributed by atoms with van der Waals surface area (Å²) in [6.07, 6.45) is 2.37. The molecule has 7 nitrogen and oxygen atoms in total. The van der Waals surface area contributed by atoms with E-state index < -0.39 is 10.0 Å². The van der Waals surface area contributed by atoms with Crippen LogP contribution in [0.3, 0.4) is 0 Å². The Hall–Kier alpha value is -0.430. The lowest BCUT2D eigenvalue weighted by Crippen LogP contribution is -2.40. The highest BCUT2D eigenvalue weighted by Crippen LogP contribution is 2.19. The van der Waals surface area contributed by atoms with Gasteiger partial charge in [-0.2, -0.15) is 4.31 Å². The van der Waals surface area contributed by atoms with Gasteiger partial charge in [-0.25, -0.2) is 8.42 Å². The van der Waals surface area contributed by atoms with Crippen LogP contribution in [0.5, 0.6) is 0 Å². The maximum absolute atomic E-state index is 12.3. The molecule has 1 atom stereocenters. The van der Waals surface area contributed by atoms with Crippen molar-refractivity contribution in [2.75, 3.05) is 39.8 Å². The number of halogens is 1. The Balaban J connectivity index is 0.00000312. The Morgan fingerprint density at radius 1 is 1.56 bits per heavy atom. The quantitative estimate of drug-likeness (QED) is 0.319. The van der Waals surface area contributed by atoms with E-state index in [4.69, 9.17) is 5.73 Å². The molecule has 0 radical (unpaired) electrons. The molecule has 3 N–H and O–H groups in total. The highest BCUT2D eigenvalue weighted by molar-refractivity contribution is 14.0. The van der Waals surface area contributed by atoms with Gasteiger partial charge in [-0.1, -0.05) is 13.0 Å². The summed E-state index contributed by atoms with van der Waals surface area (Å²) < 4.78 is 26.2. The molecule has 0 aliphatic carbocycles. The number of hydrogen-bond donors (Lipinski definition) is 2. The molecule has 1 aromatic rings. The molecule has 1 saturated heterocycles. The van der Waals surface area contributed by atoms with Crippen molar-refractivity contribution in [3.63, 3.8) is 0 Å². The van der Waals surface area contributed by atoms with Gasteiger partial charge in [0.05, 0.1) is 6.54 Å². The zero-order chi connectivity index (χ0) is 17.6. The molecular weight excluding hydrogens is 473 g/mol. The Labute approximate surface area is 171 Å². The van der Waals surface area contributed by atoms with Gasteiger partial charge in [0.15, 0.2) is 5.96 Å². The van der Waals surface area contributed by atoms with Crippen molar-refractivity contribution in [3.05, 3.63) is 17.5 Å². The van der Waals surface area contributed by atoms with Crippen molar-refractivity contribution in [2.24, 2.45) is 10.7 Å². The third kappa shape index (κ3) is 6.35. The van der Waals surface area contributed by atoms with Gasteiger partial charge in [0.1, 0.15) is 4.21 Å². The first-order chi connectivity index (χ1) is 11.4. The summed E-state index contributed by atoms with van der Waals surface area (Å²) in [5.74, 6) is 0.375. The minimum absolute atomic E-state index is 0. The number of hydrogen-bond acceptors (Lipinski definition) is 5. The van der Waals surface area contributed by atoms with E-state index in [1.807, 2.05) is 0 Å². The number of nitrogens with two attached hydrogens (primary N) is 1. The summed E-state index contributed by atoms with van der Waals surface area (Å²) in [5, 5.41) is 4.75. The van der Waals surface area contributed by atoms with E-state index in [1.54, 1.807) is 24.6 Å². The van der Waals surface area contributed by atoms with Crippen LogP contribution in [0, 0.1) is 0 Å². The van der Waals surface area contributed by atoms with Gasteiger partial charge >= 0.3 is 0 Å². The largest absolute Gasteiger partial charge is 0.370 e. The SMILES string of the molecule is CCN1CCCC1CN=C(N)NCCN(C)S(=O)(=O)c1cccs1.I. The fraction of sp³-hybridized carbons (Fsp3) is 0.667. The fourth-order valence-corrected chi connectivity index (χ4v) is 5.18. The number of aliphatic imine (C=N–C) groups is 1. The molecule has 0 saturated carbocycles. The van der Waals surface area contributed by atoms with Crippen LogP contribution in [0.4, 0.5) is 0 Å². The molecule has 1 unspecified atom stereocenters. The van der Waals surface area contributed by atoms with E-state index in [2.05, 4.69) is 22.1 Å². The van der Waals surface area contributed by atoms with Crippen LogP contribution in [0.25, 0.3) is 0 Å². The molecule has 0 bridgehead atoms. The van der Waals surface area contributed by atoms with Gasteiger partial charge in [-0.3, -0.25) is 9.89 Å². The van der Waals surface area contributed by atoms with E-state index in [0.29, 0.717) is 35.8 Å². The molecule has 1 aromatic heterocycles. The van der Waals surface area contributed by atoms with Crippen LogP contribution >= 0.6 is 35.3 Å². The maximum Gasteiger partial charge on any atom is 0.252 e. The minimum Gasteiger partial charge on any atom is -0.370 e. The van der Waals surface area contributed by atoms with Crippen molar-refractivity contribution >= 4 is 51.3 Å². The van der Waals surface area contributed by atoms with Crippen LogP contribution in [0.15, 0.2) is 26.7 Å². The van der Waals surface area contributed by atoms with Gasteiger partial charge in [0.2, 0.25) is 0 Å². The summed E-state index contributed by atoms with van der Waals surface area (Å²) in [5.41, 5.74) is 5.88. The second kappa shape index (κ2) is 10.7. The highest BCUT2D eigenvalue weighted by atomic mass is 127. The topological polar surface area (TPSA) is 91.0 Å². The van der Waals surface area contributed by atoms with Gasteiger partial charge in [-0.05, 0) is 37.4 Å². The summed E-state index contributed by atoms with van der Waals surface area (Å²) >= 11 is 1.22. The van der Waals surface area contributed by atoms with Gasteiger partial charge in [-0.15, -0.1) is 35.3 Å². The lowest BCUT2D eigenvalue weighted by Gasteiger charge is -2.21. The first kappa shape index (κ1) is 22.6. The summed E-state index contributed by atoms with van der Waals surface area (Å²) in [7, 11) is -1.83. The van der Waals surface area contributed by atoms with Crippen molar-refractivity contribution in [1.82, 2.24) is 14.5 Å². The zero-order valence-corrected chi connectivity index (χ0v) is 18.7. The molecule has 2 heterocycles. The number of sulfonamides is 1. The first-order valence-corrected chi connectivity index (χ1v) is 10.5. The normalized spacial score (nSPS) is 19.2. The Morgan fingerprint density at radius 3 is 2.96 bits per heavy atom. The van der Waals surface area contributed by atoms with Crippen LogP contribution in [-0.4, -0.2) is 69.4 Å². The Morgan fingerprint density at radius 2 is 2.32 bits per heavy atom. The summed E-state index contributed by atoms with van der Waals surface area (Å²) in [6, 6.07) is 3.81. The van der Waals surface area contributed by atoms with Crippen LogP contribution in [0.2, 0.25) is 0 Å². The number of thiophene rings is 1. The van der Waals surface area contributed by atoms with Crippen molar-refractivity contribution in [2.45, 2.75) is 30.0 Å². The molecule has 0 amide bonds. The number of rotatable bonds is 8. The smallest absolute Gasteiger partial charge is 0.252 e. The van der Waals surface area contributed by atoms with Crippen molar-refractivity contribution in [1.29, 1.82) is 0 Å². The standard InChI is InChI=1S/C15H27N5O2S2.HI/c1-3-20-9-4-6-13(20)12-18-15(16)17-8-10-19(2)24(21,22)14-7-5-11-23-14;/h5,7,11,13H,3-4,6,8-10,12H2,1-2H3,(H3,16,17,18);1H. The zero-order valence-electron chi connectivity index (χ0n) is 14.7. The maximum atomic E-state index is 12.3. The Bertz CT molecular complexity index is 636. The van der Waals surface area contributed by atoms with Crippen molar-refractivity contribution < 1.29 is 8.42 Å². The molecule has 1 aliphatic heterocycles. The van der Waals surface area contributed by atoms with Gasteiger partial charge < -0.3 is 11.1 Å². The average Bonchev–Trinajstić information content (AvgIpc) is 3.23. The number of guanidine groups is 1. The monoisotopic (exact) mass is 501 g/mol. The minimum atomic E-state index is -3.41. The van der Waals surface area contributed by atoms with Crippen molar-refractivity contribution in [3.8, 4) is 0 Å². The first-order valence-electron chi connectivity index (χ1n) is 8.22. The van der Waals surface area contributed by atoms with Crippen LogP contribution in [-0.2, 0) is 10.0 Å². The van der Waals surface area contributed by atoms with E-state index >= 15 is 0 Å². The summed E-state index contributed by atoms with van der Waals surface area (Å²) in [6.45, 7) is 5.79. The molecule has 10 heteroatoms. The van der Waals surface area contributed by atoms with E-state index in [-0.39, 0.29) is 24.0 Å². The Kier molecular flexibility index (Phi) is 9.64. The third-order valence-corrected chi connectivity index (χ3v) is 7.50. The summed E-state index contributed by atoms with van der Waals surface area (Å²) in [4.78, 5) is 6.80. The van der Waals surface area contributed by atoms with Gasteiger partial charge in [0, 0.05) is 26.2 Å².